The summed E-state index contributed by atoms with van der Waals surface area (Å²) < 4.78 is 0. The summed E-state index contributed by atoms with van der Waals surface area (Å²) in [5, 5.41) is 0. The van der Waals surface area contributed by atoms with E-state index in [9.17, 15) is 0 Å². The van der Waals surface area contributed by atoms with Crippen LogP contribution in [0.1, 0.15) is 6.92 Å². The quantitative estimate of drug-likeness (QED) is 0.366. The van der Waals surface area contributed by atoms with Gasteiger partial charge in [-0.25, -0.2) is 0 Å². The number of rotatable bonds is 0. The Bertz CT molecular complexity index is 4.85. The minimum absolute atomic E-state index is 0.750. The molecule has 0 nitrogen and oxygen atoms in total. The lowest BCUT2D eigenvalue weighted by Gasteiger charge is -1.46. The Morgan fingerprint density at radius 3 is 1.40 bits per heavy atom. The maximum atomic E-state index is 4.85. The average molecular weight is 65.7 g/mol. The van der Waals surface area contributed by atoms with Crippen molar-refractivity contribution in [2.45, 2.75) is 20.1 Å². The lowest BCUT2D eigenvalue weighted by Crippen LogP contribution is -1.41. The maximum Gasteiger partial charge on any atom is 0.0649 e. The van der Waals surface area contributed by atoms with Gasteiger partial charge in [0.25, 0.3) is 0 Å². The lowest BCUT2D eigenvalue weighted by atomic mass is 10.1. The van der Waals surface area contributed by atoms with Gasteiger partial charge < -0.3 is 0 Å². The fraction of sp³-hybridized carbons (Fsp3) is 1.00. The summed E-state index contributed by atoms with van der Waals surface area (Å²) in [7, 11) is 9.35. The van der Waals surface area contributed by atoms with Gasteiger partial charge in [-0.2, -0.15) is 0 Å². The van der Waals surface area contributed by atoms with E-state index in [1.165, 1.54) is 6.82 Å². The van der Waals surface area contributed by atoms with Crippen molar-refractivity contribution in [2.24, 2.45) is 0 Å². The van der Waals surface area contributed by atoms with Gasteiger partial charge in [0.1, 0.15) is 0 Å². The minimum atomic E-state index is 0.750. The first-order valence-corrected chi connectivity index (χ1v) is 1.69. The Morgan fingerprint density at radius 2 is 1.40 bits per heavy atom. The van der Waals surface area contributed by atoms with Crippen LogP contribution in [0.4, 0.5) is 0 Å². The van der Waals surface area contributed by atoms with Crippen molar-refractivity contribution in [2.75, 3.05) is 0 Å². The molecule has 0 unspecified atom stereocenters. The van der Waals surface area contributed by atoms with E-state index in [0.29, 0.717) is 0 Å². The van der Waals surface area contributed by atoms with Crippen LogP contribution in [-0.4, -0.2) is 15.7 Å². The Kier molecular flexibility index (Phi) is 56.6. The molecule has 0 heterocycles. The zero-order valence-corrected chi connectivity index (χ0v) is 3.86. The van der Waals surface area contributed by atoms with Gasteiger partial charge in [-0.3, -0.25) is 0 Å². The largest absolute Gasteiger partial charge is 0.0999 e. The van der Waals surface area contributed by atoms with Gasteiger partial charge in [-0.05, 0) is 0 Å². The van der Waals surface area contributed by atoms with Gasteiger partial charge in [0.2, 0.25) is 0 Å². The molecule has 0 aliphatic heterocycles. The Morgan fingerprint density at radius 1 is 1.40 bits per heavy atom. The molecule has 0 rings (SSSR count). The highest BCUT2D eigenvalue weighted by molar-refractivity contribution is 6.08. The van der Waals surface area contributed by atoms with Crippen molar-refractivity contribution in [3.05, 3.63) is 0 Å². The van der Waals surface area contributed by atoms with E-state index in [2.05, 4.69) is 7.85 Å². The van der Waals surface area contributed by atoms with Crippen molar-refractivity contribution in [1.82, 2.24) is 0 Å². The van der Waals surface area contributed by atoms with E-state index in [1.807, 2.05) is 6.92 Å². The lowest BCUT2D eigenvalue weighted by molar-refractivity contribution is 1.48. The van der Waals surface area contributed by atoms with E-state index < -0.39 is 0 Å². The predicted molar refractivity (Wildman–Crippen MR) is 27.9 cm³/mol. The van der Waals surface area contributed by atoms with E-state index in [4.69, 9.17) is 7.85 Å². The molecule has 26 valence electrons. The molecule has 0 aromatic rings. The molecule has 5 heavy (non-hydrogen) atoms. The number of hydrogen-bond acceptors (Lipinski definition) is 0. The van der Waals surface area contributed by atoms with Gasteiger partial charge in [0.05, 0.1) is 15.7 Å². The topological polar surface area (TPSA) is 0 Å². The first kappa shape index (κ1) is 8.93. The highest BCUT2D eigenvalue weighted by Crippen LogP contribution is 1.49. The van der Waals surface area contributed by atoms with E-state index >= 15 is 0 Å². The molecule has 0 spiro atoms. The minimum Gasteiger partial charge on any atom is -0.0999 e. The highest BCUT2D eigenvalue weighted by atomic mass is 13.2. The van der Waals surface area contributed by atoms with Crippen molar-refractivity contribution in [1.29, 1.82) is 0 Å². The molecule has 4 radical (unpaired) electrons. The molecule has 0 saturated heterocycles. The van der Waals surface area contributed by atoms with Gasteiger partial charge in [0.15, 0.2) is 0 Å². The summed E-state index contributed by atoms with van der Waals surface area (Å²) in [6.07, 6.45) is 0.750. The van der Waals surface area contributed by atoms with Gasteiger partial charge in [0, 0.05) is 0 Å². The van der Waals surface area contributed by atoms with Crippen molar-refractivity contribution in [3.8, 4) is 0 Å². The number of hydrogen-bond donors (Lipinski definition) is 0. The van der Waals surface area contributed by atoms with Crippen molar-refractivity contribution >= 4 is 15.7 Å². The zero-order chi connectivity index (χ0) is 4.71. The van der Waals surface area contributed by atoms with Crippen LogP contribution in [0, 0.1) is 0 Å². The summed E-state index contributed by atoms with van der Waals surface area (Å²) in [6, 6.07) is 0. The molecule has 0 aromatic carbocycles. The monoisotopic (exact) mass is 66.1 g/mol. The van der Waals surface area contributed by atoms with Crippen LogP contribution in [0.2, 0.25) is 13.1 Å². The second-order valence-electron chi connectivity index (χ2n) is 0.408. The van der Waals surface area contributed by atoms with Crippen LogP contribution in [0.5, 0.6) is 0 Å². The zero-order valence-electron chi connectivity index (χ0n) is 3.86. The van der Waals surface area contributed by atoms with Crippen LogP contribution in [0.25, 0.3) is 0 Å². The molecule has 0 N–H and O–H groups in total. The van der Waals surface area contributed by atoms with Crippen LogP contribution in [-0.2, 0) is 0 Å². The summed E-state index contributed by atoms with van der Waals surface area (Å²) in [5.74, 6) is 0. The molecule has 2 heteroatoms. The SMILES string of the molecule is [B]C.[B]CC. The molecule has 0 bridgehead atoms. The summed E-state index contributed by atoms with van der Waals surface area (Å²) in [5.41, 5.74) is 0. The van der Waals surface area contributed by atoms with Gasteiger partial charge in [-0.15, -0.1) is 0 Å². The summed E-state index contributed by atoms with van der Waals surface area (Å²) in [4.78, 5) is 0. The van der Waals surface area contributed by atoms with Gasteiger partial charge in [-0.1, -0.05) is 20.1 Å². The van der Waals surface area contributed by atoms with Crippen LogP contribution >= 0.6 is 0 Å². The van der Waals surface area contributed by atoms with Gasteiger partial charge >= 0.3 is 0 Å². The van der Waals surface area contributed by atoms with Crippen molar-refractivity contribution in [3.63, 3.8) is 0 Å². The molecule has 0 fully saturated rings. The third-order valence-corrected chi connectivity index (χ3v) is 0. The van der Waals surface area contributed by atoms with E-state index in [0.717, 1.165) is 6.32 Å². The fourth-order valence-corrected chi connectivity index (χ4v) is 0. The second-order valence-corrected chi connectivity index (χ2v) is 0.408. The van der Waals surface area contributed by atoms with Crippen LogP contribution in [0.3, 0.4) is 0 Å². The van der Waals surface area contributed by atoms with Crippen LogP contribution < -0.4 is 0 Å². The average Bonchev–Trinajstić information content (AvgIpc) is 1.46. The molecule has 0 aromatic heterocycles. The van der Waals surface area contributed by atoms with E-state index in [-0.39, 0.29) is 0 Å². The highest BCUT2D eigenvalue weighted by Gasteiger charge is 1.37. The van der Waals surface area contributed by atoms with E-state index in [1.54, 1.807) is 0 Å². The molecule has 0 saturated carbocycles. The standard InChI is InChI=1S/C2H5B.CH3B/c1-2-3;1-2/h2H2,1H3;1H3. The van der Waals surface area contributed by atoms with Crippen molar-refractivity contribution < 1.29 is 0 Å². The molecule has 0 aliphatic rings. The molecular formula is C3H8B2. The third kappa shape index (κ3) is 1110. The fourth-order valence-electron chi connectivity index (χ4n) is 0. The Labute approximate surface area is 36.8 Å². The Hall–Kier alpha value is 0.130. The van der Waals surface area contributed by atoms with Crippen LogP contribution in [0.15, 0.2) is 0 Å². The first-order valence-electron chi connectivity index (χ1n) is 1.69. The summed E-state index contributed by atoms with van der Waals surface area (Å²) >= 11 is 0. The molecular weight excluding hydrogens is 57.7 g/mol. The second kappa shape index (κ2) is 31.7. The maximum absolute atomic E-state index is 4.85. The normalized spacial score (nSPS) is 4.40. The summed E-state index contributed by atoms with van der Waals surface area (Å²) in [6.45, 7) is 3.40. The third-order valence-electron chi connectivity index (χ3n) is 0. The molecule has 0 aliphatic carbocycles. The Balaban J connectivity index is 0. The molecule has 0 amide bonds. The molecule has 0 atom stereocenters. The smallest absolute Gasteiger partial charge is 0.0649 e. The predicted octanol–water partition coefficient (Wildman–Crippen LogP) is 0.796. The first-order chi connectivity index (χ1) is 2.41.